The Labute approximate surface area is 102 Å². The molecule has 0 saturated carbocycles. The SMILES string of the molecule is CC1(C)CC(NC(=O)C2CC(O)CN2)CCO1. The van der Waals surface area contributed by atoms with E-state index in [9.17, 15) is 9.90 Å². The van der Waals surface area contributed by atoms with E-state index in [-0.39, 0.29) is 23.6 Å². The molecule has 0 radical (unpaired) electrons. The van der Waals surface area contributed by atoms with Crippen molar-refractivity contribution in [3.8, 4) is 0 Å². The fourth-order valence-electron chi connectivity index (χ4n) is 2.57. The number of aliphatic hydroxyl groups excluding tert-OH is 1. The summed E-state index contributed by atoms with van der Waals surface area (Å²) in [4.78, 5) is 11.9. The van der Waals surface area contributed by atoms with Crippen LogP contribution in [0.1, 0.15) is 33.1 Å². The molecule has 3 N–H and O–H groups in total. The molecular formula is C12H22N2O3. The maximum atomic E-state index is 11.9. The van der Waals surface area contributed by atoms with Crippen LogP contribution < -0.4 is 10.6 Å². The highest BCUT2D eigenvalue weighted by Crippen LogP contribution is 2.24. The highest BCUT2D eigenvalue weighted by molar-refractivity contribution is 5.82. The molecular weight excluding hydrogens is 220 g/mol. The first-order valence-corrected chi connectivity index (χ1v) is 6.32. The van der Waals surface area contributed by atoms with Crippen molar-refractivity contribution in [1.29, 1.82) is 0 Å². The van der Waals surface area contributed by atoms with Gasteiger partial charge in [0.1, 0.15) is 0 Å². The summed E-state index contributed by atoms with van der Waals surface area (Å²) in [6.45, 7) is 5.29. The lowest BCUT2D eigenvalue weighted by Gasteiger charge is -2.36. The third kappa shape index (κ3) is 3.40. The highest BCUT2D eigenvalue weighted by atomic mass is 16.5. The normalized spacial score (nSPS) is 36.8. The zero-order valence-electron chi connectivity index (χ0n) is 10.5. The van der Waals surface area contributed by atoms with Gasteiger partial charge in [0.2, 0.25) is 5.91 Å². The van der Waals surface area contributed by atoms with Gasteiger partial charge in [-0.2, -0.15) is 0 Å². The summed E-state index contributed by atoms with van der Waals surface area (Å²) in [7, 11) is 0. The molecule has 0 aliphatic carbocycles. The van der Waals surface area contributed by atoms with Crippen LogP contribution in [0.25, 0.3) is 0 Å². The summed E-state index contributed by atoms with van der Waals surface area (Å²) in [5.41, 5.74) is -0.154. The van der Waals surface area contributed by atoms with Crippen molar-refractivity contribution in [1.82, 2.24) is 10.6 Å². The molecule has 2 fully saturated rings. The highest BCUT2D eigenvalue weighted by Gasteiger charge is 2.33. The molecule has 0 aromatic heterocycles. The van der Waals surface area contributed by atoms with Gasteiger partial charge in [0.05, 0.1) is 17.7 Å². The molecule has 1 amide bonds. The number of rotatable bonds is 2. The minimum Gasteiger partial charge on any atom is -0.392 e. The van der Waals surface area contributed by atoms with Crippen LogP contribution in [0, 0.1) is 0 Å². The van der Waals surface area contributed by atoms with E-state index < -0.39 is 6.10 Å². The number of ether oxygens (including phenoxy) is 1. The molecule has 0 spiro atoms. The van der Waals surface area contributed by atoms with E-state index >= 15 is 0 Å². The van der Waals surface area contributed by atoms with E-state index in [1.165, 1.54) is 0 Å². The Morgan fingerprint density at radius 3 is 2.88 bits per heavy atom. The summed E-state index contributed by atoms with van der Waals surface area (Å²) >= 11 is 0. The van der Waals surface area contributed by atoms with E-state index in [1.807, 2.05) is 13.8 Å². The summed E-state index contributed by atoms with van der Waals surface area (Å²) in [6, 6.07) is -0.0539. The van der Waals surface area contributed by atoms with Crippen LogP contribution >= 0.6 is 0 Å². The average Bonchev–Trinajstić information content (AvgIpc) is 2.63. The second-order valence-electron chi connectivity index (χ2n) is 5.66. The minimum absolute atomic E-state index is 0.00394. The number of β-amino-alcohol motifs (C(OH)–C–C–N with tert-alkyl or cyclic N) is 1. The van der Waals surface area contributed by atoms with E-state index in [0.29, 0.717) is 19.6 Å². The third-order valence-corrected chi connectivity index (χ3v) is 3.47. The lowest BCUT2D eigenvalue weighted by molar-refractivity contribution is -0.125. The fourth-order valence-corrected chi connectivity index (χ4v) is 2.57. The molecule has 17 heavy (non-hydrogen) atoms. The molecule has 0 bridgehead atoms. The van der Waals surface area contributed by atoms with Crippen LogP contribution in [0.2, 0.25) is 0 Å². The number of nitrogens with one attached hydrogen (secondary N) is 2. The van der Waals surface area contributed by atoms with Crippen molar-refractivity contribution in [2.45, 2.75) is 56.9 Å². The second kappa shape index (κ2) is 4.92. The minimum atomic E-state index is -0.392. The number of amides is 1. The van der Waals surface area contributed by atoms with Gasteiger partial charge in [-0.15, -0.1) is 0 Å². The van der Waals surface area contributed by atoms with Crippen molar-refractivity contribution in [2.24, 2.45) is 0 Å². The Bertz CT molecular complexity index is 293. The zero-order chi connectivity index (χ0) is 12.5. The van der Waals surface area contributed by atoms with E-state index in [4.69, 9.17) is 4.74 Å². The van der Waals surface area contributed by atoms with Crippen molar-refractivity contribution in [2.75, 3.05) is 13.2 Å². The molecule has 0 aromatic carbocycles. The lowest BCUT2D eigenvalue weighted by Crippen LogP contribution is -2.50. The molecule has 98 valence electrons. The predicted molar refractivity (Wildman–Crippen MR) is 63.6 cm³/mol. The quantitative estimate of drug-likeness (QED) is 0.626. The van der Waals surface area contributed by atoms with Crippen molar-refractivity contribution < 1.29 is 14.6 Å². The van der Waals surface area contributed by atoms with Crippen LogP contribution in [0.4, 0.5) is 0 Å². The number of aliphatic hydroxyl groups is 1. The lowest BCUT2D eigenvalue weighted by atomic mass is 9.93. The standard InChI is InChI=1S/C12H22N2O3/c1-12(2)6-8(3-4-17-12)14-11(16)10-5-9(15)7-13-10/h8-10,13,15H,3-7H2,1-2H3,(H,14,16). The molecule has 5 heteroatoms. The van der Waals surface area contributed by atoms with Gasteiger partial charge in [-0.1, -0.05) is 0 Å². The van der Waals surface area contributed by atoms with E-state index in [0.717, 1.165) is 12.8 Å². The van der Waals surface area contributed by atoms with Gasteiger partial charge in [0.25, 0.3) is 0 Å². The van der Waals surface area contributed by atoms with E-state index in [2.05, 4.69) is 10.6 Å². The van der Waals surface area contributed by atoms with Crippen LogP contribution in [-0.2, 0) is 9.53 Å². The molecule has 2 heterocycles. The molecule has 2 aliphatic heterocycles. The topological polar surface area (TPSA) is 70.6 Å². The fraction of sp³-hybridized carbons (Fsp3) is 0.917. The van der Waals surface area contributed by atoms with E-state index in [1.54, 1.807) is 0 Å². The maximum Gasteiger partial charge on any atom is 0.237 e. The third-order valence-electron chi connectivity index (χ3n) is 3.47. The van der Waals surface area contributed by atoms with Crippen LogP contribution in [0.15, 0.2) is 0 Å². The molecule has 2 aliphatic rings. The smallest absolute Gasteiger partial charge is 0.237 e. The number of hydrogen-bond donors (Lipinski definition) is 3. The zero-order valence-corrected chi connectivity index (χ0v) is 10.5. The average molecular weight is 242 g/mol. The summed E-state index contributed by atoms with van der Waals surface area (Å²) in [5, 5.41) is 15.4. The Kier molecular flexibility index (Phi) is 3.70. The molecule has 2 rings (SSSR count). The first-order valence-electron chi connectivity index (χ1n) is 6.32. The first kappa shape index (κ1) is 12.8. The number of hydrogen-bond acceptors (Lipinski definition) is 4. The Balaban J connectivity index is 1.82. The predicted octanol–water partition coefficient (Wildman–Crippen LogP) is -0.217. The van der Waals surface area contributed by atoms with Gasteiger partial charge in [-0.05, 0) is 33.1 Å². The molecule has 3 atom stereocenters. The van der Waals surface area contributed by atoms with Gasteiger partial charge in [-0.3, -0.25) is 4.79 Å². The maximum absolute atomic E-state index is 11.9. The van der Waals surface area contributed by atoms with Crippen molar-refractivity contribution >= 4 is 5.91 Å². The second-order valence-corrected chi connectivity index (χ2v) is 5.66. The molecule has 2 saturated heterocycles. The largest absolute Gasteiger partial charge is 0.392 e. The summed E-state index contributed by atoms with van der Waals surface area (Å²) < 4.78 is 5.61. The van der Waals surface area contributed by atoms with Crippen molar-refractivity contribution in [3.63, 3.8) is 0 Å². The molecule has 0 aromatic rings. The van der Waals surface area contributed by atoms with Gasteiger partial charge < -0.3 is 20.5 Å². The van der Waals surface area contributed by atoms with Gasteiger partial charge >= 0.3 is 0 Å². The number of carbonyl (C=O) groups is 1. The van der Waals surface area contributed by atoms with Crippen LogP contribution in [0.3, 0.4) is 0 Å². The number of carbonyl (C=O) groups excluding carboxylic acids is 1. The summed E-state index contributed by atoms with van der Waals surface area (Å²) in [5.74, 6) is 0.00394. The van der Waals surface area contributed by atoms with Crippen LogP contribution in [0.5, 0.6) is 0 Å². The van der Waals surface area contributed by atoms with Crippen LogP contribution in [-0.4, -0.2) is 48.0 Å². The Morgan fingerprint density at radius 1 is 1.53 bits per heavy atom. The Morgan fingerprint density at radius 2 is 2.29 bits per heavy atom. The van der Waals surface area contributed by atoms with Gasteiger partial charge in [-0.25, -0.2) is 0 Å². The Hall–Kier alpha value is -0.650. The molecule has 5 nitrogen and oxygen atoms in total. The van der Waals surface area contributed by atoms with Gasteiger partial charge in [0.15, 0.2) is 0 Å². The monoisotopic (exact) mass is 242 g/mol. The summed E-state index contributed by atoms with van der Waals surface area (Å²) in [6.07, 6.45) is 1.83. The first-order chi connectivity index (χ1) is 7.96. The molecule has 3 unspecified atom stereocenters. The van der Waals surface area contributed by atoms with Crippen molar-refractivity contribution in [3.05, 3.63) is 0 Å². The van der Waals surface area contributed by atoms with Gasteiger partial charge in [0, 0.05) is 19.2 Å².